The summed E-state index contributed by atoms with van der Waals surface area (Å²) in [5.74, 6) is -1.09. The van der Waals surface area contributed by atoms with Gasteiger partial charge in [-0.1, -0.05) is 0 Å². The number of rotatable bonds is 1. The zero-order valence-electron chi connectivity index (χ0n) is 8.70. The predicted molar refractivity (Wildman–Crippen MR) is 55.0 cm³/mol. The van der Waals surface area contributed by atoms with Crippen LogP contribution in [0.25, 0.3) is 0 Å². The Kier molecular flexibility index (Phi) is 5.03. The lowest BCUT2D eigenvalue weighted by Crippen LogP contribution is -2.53. The lowest BCUT2D eigenvalue weighted by molar-refractivity contribution is -0.170. The molecular formula is C8H15ClF3N3O. The average Bonchev–Trinajstić information content (AvgIpc) is 2.44. The molecule has 0 saturated carbocycles. The van der Waals surface area contributed by atoms with Crippen molar-refractivity contribution in [3.8, 4) is 0 Å². The molecule has 3 atom stereocenters. The third-order valence-corrected chi connectivity index (χ3v) is 2.72. The van der Waals surface area contributed by atoms with E-state index < -0.39 is 18.1 Å². The van der Waals surface area contributed by atoms with Crippen molar-refractivity contribution in [2.24, 2.45) is 11.5 Å². The molecule has 1 saturated heterocycles. The summed E-state index contributed by atoms with van der Waals surface area (Å²) in [4.78, 5) is 12.5. The first kappa shape index (κ1) is 15.5. The van der Waals surface area contributed by atoms with Gasteiger partial charge in [-0.2, -0.15) is 13.2 Å². The van der Waals surface area contributed by atoms with Gasteiger partial charge in [-0.15, -0.1) is 12.4 Å². The van der Waals surface area contributed by atoms with Crippen LogP contribution in [0.3, 0.4) is 0 Å². The fourth-order valence-electron chi connectivity index (χ4n) is 1.59. The Balaban J connectivity index is 0.00000225. The number of alkyl halides is 3. The van der Waals surface area contributed by atoms with E-state index in [9.17, 15) is 18.0 Å². The Morgan fingerprint density at radius 3 is 2.31 bits per heavy atom. The second-order valence-corrected chi connectivity index (χ2v) is 3.74. The topological polar surface area (TPSA) is 72.3 Å². The number of hydrogen-bond donors (Lipinski definition) is 2. The second-order valence-electron chi connectivity index (χ2n) is 3.74. The Hall–Kier alpha value is -0.530. The molecule has 0 aliphatic carbocycles. The van der Waals surface area contributed by atoms with Crippen LogP contribution in [0.4, 0.5) is 13.2 Å². The minimum absolute atomic E-state index is 0. The van der Waals surface area contributed by atoms with E-state index in [0.29, 0.717) is 6.42 Å². The molecule has 0 radical (unpaired) electrons. The molecule has 1 aliphatic heterocycles. The molecule has 1 heterocycles. The summed E-state index contributed by atoms with van der Waals surface area (Å²) in [5.41, 5.74) is 10.4. The minimum Gasteiger partial charge on any atom is -0.337 e. The van der Waals surface area contributed by atoms with Crippen LogP contribution >= 0.6 is 12.4 Å². The van der Waals surface area contributed by atoms with E-state index in [1.165, 1.54) is 0 Å². The molecule has 16 heavy (non-hydrogen) atoms. The van der Waals surface area contributed by atoms with Crippen LogP contribution in [0.5, 0.6) is 0 Å². The van der Waals surface area contributed by atoms with E-state index in [0.717, 1.165) is 4.90 Å². The van der Waals surface area contributed by atoms with Gasteiger partial charge in [0.1, 0.15) is 0 Å². The van der Waals surface area contributed by atoms with Crippen molar-refractivity contribution in [3.63, 3.8) is 0 Å². The number of nitrogens with zero attached hydrogens (tertiary/aromatic N) is 1. The molecular weight excluding hydrogens is 247 g/mol. The Bertz CT molecular complexity index is 261. The number of hydrogen-bond acceptors (Lipinski definition) is 3. The Morgan fingerprint density at radius 1 is 1.50 bits per heavy atom. The van der Waals surface area contributed by atoms with Gasteiger partial charge in [-0.3, -0.25) is 4.79 Å². The smallest absolute Gasteiger partial charge is 0.337 e. The fraction of sp³-hybridized carbons (Fsp3) is 0.875. The highest BCUT2D eigenvalue weighted by atomic mass is 35.5. The van der Waals surface area contributed by atoms with E-state index in [-0.39, 0.29) is 31.0 Å². The second kappa shape index (κ2) is 5.20. The standard InChI is InChI=1S/C8H14F3N3O.ClH/c1-4-5(12)2-3-14(4)7(15)6(13)8(9,10)11;/h4-6H,2-3,12-13H2,1H3;1H. The summed E-state index contributed by atoms with van der Waals surface area (Å²) in [6, 6.07) is -3.09. The van der Waals surface area contributed by atoms with E-state index in [2.05, 4.69) is 0 Å². The largest absolute Gasteiger partial charge is 0.412 e. The zero-order valence-corrected chi connectivity index (χ0v) is 9.52. The third-order valence-electron chi connectivity index (χ3n) is 2.72. The van der Waals surface area contributed by atoms with Crippen molar-refractivity contribution in [2.45, 2.75) is 37.6 Å². The first-order valence-corrected chi connectivity index (χ1v) is 4.63. The van der Waals surface area contributed by atoms with Crippen LogP contribution in [-0.2, 0) is 4.79 Å². The van der Waals surface area contributed by atoms with E-state index >= 15 is 0 Å². The van der Waals surface area contributed by atoms with Crippen LogP contribution in [0.15, 0.2) is 0 Å². The molecule has 4 N–H and O–H groups in total. The maximum Gasteiger partial charge on any atom is 0.412 e. The SMILES string of the molecule is CC1C(N)CCN1C(=O)C(N)C(F)(F)F.Cl. The van der Waals surface area contributed by atoms with Crippen molar-refractivity contribution >= 4 is 18.3 Å². The quantitative estimate of drug-likeness (QED) is 0.711. The van der Waals surface area contributed by atoms with Gasteiger partial charge in [0.25, 0.3) is 0 Å². The van der Waals surface area contributed by atoms with E-state index in [4.69, 9.17) is 11.5 Å². The van der Waals surface area contributed by atoms with Crippen molar-refractivity contribution < 1.29 is 18.0 Å². The first-order valence-electron chi connectivity index (χ1n) is 4.63. The summed E-state index contributed by atoms with van der Waals surface area (Å²) in [6.07, 6.45) is -4.18. The summed E-state index contributed by atoms with van der Waals surface area (Å²) < 4.78 is 36.5. The molecule has 3 unspecified atom stereocenters. The van der Waals surface area contributed by atoms with Crippen molar-refractivity contribution in [1.29, 1.82) is 0 Å². The summed E-state index contributed by atoms with van der Waals surface area (Å²) in [7, 11) is 0. The number of nitrogens with two attached hydrogens (primary N) is 2. The molecule has 0 aromatic carbocycles. The fourth-order valence-corrected chi connectivity index (χ4v) is 1.59. The highest BCUT2D eigenvalue weighted by Gasteiger charge is 2.46. The van der Waals surface area contributed by atoms with Gasteiger partial charge in [0.05, 0.1) is 0 Å². The van der Waals surface area contributed by atoms with E-state index in [1.54, 1.807) is 6.92 Å². The van der Waals surface area contributed by atoms with Gasteiger partial charge >= 0.3 is 6.18 Å². The van der Waals surface area contributed by atoms with Crippen LogP contribution < -0.4 is 11.5 Å². The molecule has 1 rings (SSSR count). The molecule has 8 heteroatoms. The van der Waals surface area contributed by atoms with Crippen molar-refractivity contribution in [1.82, 2.24) is 4.90 Å². The highest BCUT2D eigenvalue weighted by Crippen LogP contribution is 2.23. The normalized spacial score (nSPS) is 27.5. The molecule has 0 bridgehead atoms. The Labute approximate surface area is 97.5 Å². The summed E-state index contributed by atoms with van der Waals surface area (Å²) >= 11 is 0. The number of halogens is 4. The Morgan fingerprint density at radius 2 is 2.00 bits per heavy atom. The van der Waals surface area contributed by atoms with Gasteiger partial charge < -0.3 is 16.4 Å². The van der Waals surface area contributed by atoms with Crippen LogP contribution in [0, 0.1) is 0 Å². The lowest BCUT2D eigenvalue weighted by Gasteiger charge is -2.27. The molecule has 1 aliphatic rings. The predicted octanol–water partition coefficient (Wildman–Crippen LogP) is 0.246. The van der Waals surface area contributed by atoms with Crippen LogP contribution in [-0.4, -0.2) is 41.7 Å². The molecule has 1 fully saturated rings. The maximum absolute atomic E-state index is 12.2. The van der Waals surface area contributed by atoms with Crippen molar-refractivity contribution in [2.75, 3.05) is 6.54 Å². The van der Waals surface area contributed by atoms with Gasteiger partial charge in [-0.05, 0) is 13.3 Å². The summed E-state index contributed by atoms with van der Waals surface area (Å²) in [6.45, 7) is 1.86. The van der Waals surface area contributed by atoms with Crippen LogP contribution in [0.1, 0.15) is 13.3 Å². The van der Waals surface area contributed by atoms with Gasteiger partial charge in [0, 0.05) is 18.6 Å². The van der Waals surface area contributed by atoms with Crippen LogP contribution in [0.2, 0.25) is 0 Å². The number of amides is 1. The molecule has 96 valence electrons. The molecule has 0 aromatic heterocycles. The number of carbonyl (C=O) groups is 1. The third kappa shape index (κ3) is 2.99. The molecule has 0 aromatic rings. The lowest BCUT2D eigenvalue weighted by atomic mass is 10.1. The number of likely N-dealkylation sites (tertiary alicyclic amines) is 1. The highest BCUT2D eigenvalue weighted by molar-refractivity contribution is 5.85. The van der Waals surface area contributed by atoms with Gasteiger partial charge in [0.15, 0.2) is 6.04 Å². The molecule has 4 nitrogen and oxygen atoms in total. The minimum atomic E-state index is -4.69. The van der Waals surface area contributed by atoms with E-state index in [1.807, 2.05) is 0 Å². The zero-order chi connectivity index (χ0) is 11.8. The van der Waals surface area contributed by atoms with Gasteiger partial charge in [0.2, 0.25) is 5.91 Å². The van der Waals surface area contributed by atoms with Crippen molar-refractivity contribution in [3.05, 3.63) is 0 Å². The maximum atomic E-state index is 12.2. The van der Waals surface area contributed by atoms with Gasteiger partial charge in [-0.25, -0.2) is 0 Å². The monoisotopic (exact) mass is 261 g/mol. The molecule has 1 amide bonds. The first-order chi connectivity index (χ1) is 6.75. The molecule has 0 spiro atoms. The average molecular weight is 262 g/mol. The number of carbonyl (C=O) groups excluding carboxylic acids is 1. The summed E-state index contributed by atoms with van der Waals surface area (Å²) in [5, 5.41) is 0.